The van der Waals surface area contributed by atoms with Crippen molar-refractivity contribution in [1.29, 1.82) is 0 Å². The van der Waals surface area contributed by atoms with E-state index in [4.69, 9.17) is 9.47 Å². The molecule has 0 aromatic heterocycles. The first-order chi connectivity index (χ1) is 15.9. The number of carbonyl (C=O) groups excluding carboxylic acids is 2. The number of ether oxygens (including phenoxy) is 2. The third-order valence-electron chi connectivity index (χ3n) is 5.85. The highest BCUT2D eigenvalue weighted by Gasteiger charge is 2.24. The smallest absolute Gasteiger partial charge is 0.337 e. The van der Waals surface area contributed by atoms with Crippen molar-refractivity contribution in [2.45, 2.75) is 13.5 Å². The van der Waals surface area contributed by atoms with Crippen molar-refractivity contribution in [3.63, 3.8) is 0 Å². The summed E-state index contributed by atoms with van der Waals surface area (Å²) in [6, 6.07) is 16.4. The van der Waals surface area contributed by atoms with Gasteiger partial charge in [-0.05, 0) is 60.6 Å². The second-order valence-corrected chi connectivity index (χ2v) is 8.85. The van der Waals surface area contributed by atoms with Gasteiger partial charge >= 0.3 is 5.97 Å². The van der Waals surface area contributed by atoms with Crippen LogP contribution in [0.5, 0.6) is 5.75 Å². The monoisotopic (exact) mass is 465 g/mol. The van der Waals surface area contributed by atoms with Crippen LogP contribution in [0.2, 0.25) is 0 Å². The first-order valence-electron chi connectivity index (χ1n) is 10.6. The van der Waals surface area contributed by atoms with E-state index in [1.807, 2.05) is 37.0 Å². The van der Waals surface area contributed by atoms with Crippen LogP contribution < -0.4 is 10.0 Å². The van der Waals surface area contributed by atoms with Crippen molar-refractivity contribution in [2.75, 3.05) is 26.9 Å². The predicted octanol–water partition coefficient (Wildman–Crippen LogP) is 4.56. The number of benzene rings is 3. The molecule has 1 aliphatic heterocycles. The van der Waals surface area contributed by atoms with Crippen LogP contribution in [0.1, 0.15) is 31.8 Å². The van der Waals surface area contributed by atoms with Gasteiger partial charge in [-0.15, -0.1) is 0 Å². The van der Waals surface area contributed by atoms with E-state index in [1.165, 1.54) is 7.11 Å². The van der Waals surface area contributed by atoms with Gasteiger partial charge in [0.1, 0.15) is 18.2 Å². The van der Waals surface area contributed by atoms with E-state index >= 15 is 0 Å². The molecule has 1 amide bonds. The highest BCUT2D eigenvalue weighted by Crippen LogP contribution is 2.30. The predicted molar refractivity (Wildman–Crippen MR) is 128 cm³/mol. The molecule has 0 saturated heterocycles. The number of hydrogen-bond acceptors (Lipinski definition) is 4. The minimum absolute atomic E-state index is 0.207. The SMILES string of the molecule is COC(=O)c1ccc(-c2ccc3c(c2)CN(C(=O)c2ccc(PC)c(F)c2C)CCO3)cc1. The minimum atomic E-state index is -0.384. The van der Waals surface area contributed by atoms with Gasteiger partial charge in [0.2, 0.25) is 0 Å². The minimum Gasteiger partial charge on any atom is -0.491 e. The summed E-state index contributed by atoms with van der Waals surface area (Å²) in [4.78, 5) is 26.7. The molecular formula is C26H25FNO4P. The summed E-state index contributed by atoms with van der Waals surface area (Å²) in [6.45, 7) is 4.71. The highest BCUT2D eigenvalue weighted by atomic mass is 31.1. The Morgan fingerprint density at radius 1 is 1.06 bits per heavy atom. The van der Waals surface area contributed by atoms with E-state index in [1.54, 1.807) is 36.1 Å². The Labute approximate surface area is 194 Å². The van der Waals surface area contributed by atoms with Gasteiger partial charge in [0.15, 0.2) is 0 Å². The van der Waals surface area contributed by atoms with Crippen molar-refractivity contribution in [3.05, 3.63) is 82.7 Å². The topological polar surface area (TPSA) is 55.8 Å². The molecule has 0 spiro atoms. The van der Waals surface area contributed by atoms with Crippen molar-refractivity contribution < 1.29 is 23.5 Å². The number of esters is 1. The van der Waals surface area contributed by atoms with Gasteiger partial charge in [-0.3, -0.25) is 4.79 Å². The van der Waals surface area contributed by atoms with Crippen LogP contribution in [0.15, 0.2) is 54.6 Å². The van der Waals surface area contributed by atoms with Gasteiger partial charge in [0.05, 0.1) is 19.2 Å². The zero-order valence-electron chi connectivity index (χ0n) is 18.8. The van der Waals surface area contributed by atoms with Crippen LogP contribution in [0.4, 0.5) is 4.39 Å². The molecule has 1 heterocycles. The van der Waals surface area contributed by atoms with Gasteiger partial charge in [0, 0.05) is 23.0 Å². The fourth-order valence-corrected chi connectivity index (χ4v) is 4.60. The maximum Gasteiger partial charge on any atom is 0.337 e. The Morgan fingerprint density at radius 2 is 1.79 bits per heavy atom. The molecule has 0 aliphatic carbocycles. The molecule has 1 aliphatic rings. The molecule has 3 aromatic rings. The van der Waals surface area contributed by atoms with Crippen LogP contribution in [0, 0.1) is 12.7 Å². The number of carbonyl (C=O) groups is 2. The summed E-state index contributed by atoms with van der Waals surface area (Å²) >= 11 is 0. The fraction of sp³-hybridized carbons (Fsp3) is 0.231. The van der Waals surface area contributed by atoms with Crippen LogP contribution in [-0.2, 0) is 11.3 Å². The van der Waals surface area contributed by atoms with Gasteiger partial charge in [-0.2, -0.15) is 0 Å². The fourth-order valence-electron chi connectivity index (χ4n) is 3.94. The van der Waals surface area contributed by atoms with E-state index in [-0.39, 0.29) is 17.7 Å². The van der Waals surface area contributed by atoms with E-state index in [9.17, 15) is 14.0 Å². The maximum atomic E-state index is 14.6. The third kappa shape index (κ3) is 4.62. The standard InChI is InChI=1S/C26H25FNO4P/c1-16-21(9-11-23(33-3)24(16)27)25(29)28-12-13-32-22-10-8-19(14-20(22)15-28)17-4-6-18(7-5-17)26(30)31-2/h4-11,14,33H,12-13,15H2,1-3H3. The zero-order valence-corrected chi connectivity index (χ0v) is 19.8. The molecule has 0 N–H and O–H groups in total. The summed E-state index contributed by atoms with van der Waals surface area (Å²) in [5.41, 5.74) is 4.00. The van der Waals surface area contributed by atoms with Gasteiger partial charge < -0.3 is 14.4 Å². The summed E-state index contributed by atoms with van der Waals surface area (Å²) in [7, 11) is 1.68. The second kappa shape index (κ2) is 9.72. The van der Waals surface area contributed by atoms with E-state index in [0.717, 1.165) is 22.4 Å². The number of rotatable bonds is 4. The molecule has 0 fully saturated rings. The van der Waals surface area contributed by atoms with Crippen LogP contribution >= 0.6 is 8.58 Å². The summed E-state index contributed by atoms with van der Waals surface area (Å²) in [5, 5.41) is 0.636. The number of halogens is 1. The van der Waals surface area contributed by atoms with Crippen molar-refractivity contribution in [1.82, 2.24) is 4.90 Å². The molecule has 3 aromatic carbocycles. The number of amides is 1. The molecule has 5 nitrogen and oxygen atoms in total. The molecule has 1 atom stereocenters. The zero-order chi connectivity index (χ0) is 23.5. The lowest BCUT2D eigenvalue weighted by atomic mass is 10.0. The second-order valence-electron chi connectivity index (χ2n) is 7.82. The highest BCUT2D eigenvalue weighted by molar-refractivity contribution is 7.46. The normalized spacial score (nSPS) is 13.4. The average molecular weight is 465 g/mol. The Balaban J connectivity index is 1.61. The summed E-state index contributed by atoms with van der Waals surface area (Å²) in [5.74, 6) is -0.164. The molecular weight excluding hydrogens is 440 g/mol. The molecule has 4 rings (SSSR count). The maximum absolute atomic E-state index is 14.6. The first-order valence-corrected chi connectivity index (χ1v) is 12.1. The number of methoxy groups -OCH3 is 1. The van der Waals surface area contributed by atoms with Crippen LogP contribution in [0.25, 0.3) is 11.1 Å². The molecule has 170 valence electrons. The Hall–Kier alpha value is -3.24. The molecule has 33 heavy (non-hydrogen) atoms. The Bertz CT molecular complexity index is 1210. The van der Waals surface area contributed by atoms with E-state index < -0.39 is 0 Å². The summed E-state index contributed by atoms with van der Waals surface area (Å²) < 4.78 is 25.3. The van der Waals surface area contributed by atoms with Crippen LogP contribution in [0.3, 0.4) is 0 Å². The van der Waals surface area contributed by atoms with Crippen molar-refractivity contribution in [3.8, 4) is 16.9 Å². The lowest BCUT2D eigenvalue weighted by Gasteiger charge is -2.21. The van der Waals surface area contributed by atoms with Crippen molar-refractivity contribution in [2.24, 2.45) is 0 Å². The number of hydrogen-bond donors (Lipinski definition) is 0. The van der Waals surface area contributed by atoms with Crippen molar-refractivity contribution >= 4 is 25.8 Å². The third-order valence-corrected chi connectivity index (χ3v) is 6.78. The largest absolute Gasteiger partial charge is 0.491 e. The Morgan fingerprint density at radius 3 is 2.48 bits per heavy atom. The molecule has 0 saturated carbocycles. The van der Waals surface area contributed by atoms with E-state index in [2.05, 4.69) is 0 Å². The lowest BCUT2D eigenvalue weighted by Crippen LogP contribution is -2.33. The number of nitrogens with zero attached hydrogens (tertiary/aromatic N) is 1. The number of fused-ring (bicyclic) bond motifs is 1. The first kappa shape index (κ1) is 22.9. The Kier molecular flexibility index (Phi) is 6.75. The lowest BCUT2D eigenvalue weighted by molar-refractivity contribution is 0.0600. The van der Waals surface area contributed by atoms with E-state index in [0.29, 0.717) is 50.3 Å². The van der Waals surface area contributed by atoms with Gasteiger partial charge in [0.25, 0.3) is 5.91 Å². The quantitative estimate of drug-likeness (QED) is 0.419. The van der Waals surface area contributed by atoms with Gasteiger partial charge in [-0.1, -0.05) is 32.8 Å². The molecule has 1 unspecified atom stereocenters. The average Bonchev–Trinajstić information content (AvgIpc) is 3.07. The molecule has 0 radical (unpaired) electrons. The summed E-state index contributed by atoms with van der Waals surface area (Å²) in [6.07, 6.45) is 0. The molecule has 0 bridgehead atoms. The van der Waals surface area contributed by atoms with Crippen LogP contribution in [-0.4, -0.2) is 43.7 Å². The molecule has 7 heteroatoms. The van der Waals surface area contributed by atoms with Gasteiger partial charge in [-0.25, -0.2) is 9.18 Å².